The summed E-state index contributed by atoms with van der Waals surface area (Å²) < 4.78 is 19.6. The van der Waals surface area contributed by atoms with E-state index < -0.39 is 4.92 Å². The van der Waals surface area contributed by atoms with E-state index >= 15 is 0 Å². The summed E-state index contributed by atoms with van der Waals surface area (Å²) >= 11 is 1.35. The maximum atomic E-state index is 12.8. The fraction of sp³-hybridized carbons (Fsp3) is 0.125. The van der Waals surface area contributed by atoms with E-state index in [9.17, 15) is 19.3 Å². The molecular formula is C16H12FN3O4S. The molecule has 0 radical (unpaired) electrons. The molecule has 7 nitrogen and oxygen atoms in total. The van der Waals surface area contributed by atoms with Crippen molar-refractivity contribution in [1.82, 2.24) is 9.55 Å². The van der Waals surface area contributed by atoms with Gasteiger partial charge in [0.25, 0.3) is 11.2 Å². The van der Waals surface area contributed by atoms with Crippen LogP contribution in [0.15, 0.2) is 52.8 Å². The van der Waals surface area contributed by atoms with Crippen molar-refractivity contribution in [3.05, 3.63) is 85.0 Å². The highest BCUT2D eigenvalue weighted by molar-refractivity contribution is 7.09. The summed E-state index contributed by atoms with van der Waals surface area (Å²) in [5.41, 5.74) is 0.0997. The molecule has 25 heavy (non-hydrogen) atoms. The zero-order valence-electron chi connectivity index (χ0n) is 12.8. The van der Waals surface area contributed by atoms with E-state index in [0.29, 0.717) is 16.5 Å². The van der Waals surface area contributed by atoms with E-state index in [-0.39, 0.29) is 30.2 Å². The Kier molecular flexibility index (Phi) is 4.85. The number of nitro groups is 1. The Balaban J connectivity index is 1.67. The highest BCUT2D eigenvalue weighted by Crippen LogP contribution is 2.16. The van der Waals surface area contributed by atoms with E-state index in [2.05, 4.69) is 4.98 Å². The number of thiazole rings is 1. The number of pyridine rings is 1. The lowest BCUT2D eigenvalue weighted by atomic mass is 10.3. The van der Waals surface area contributed by atoms with Crippen molar-refractivity contribution in [2.75, 3.05) is 0 Å². The van der Waals surface area contributed by atoms with Crippen molar-refractivity contribution >= 4 is 17.0 Å². The monoisotopic (exact) mass is 361 g/mol. The summed E-state index contributed by atoms with van der Waals surface area (Å²) in [6.07, 6.45) is 1.19. The minimum Gasteiger partial charge on any atom is -0.486 e. The summed E-state index contributed by atoms with van der Waals surface area (Å²) in [6.45, 7) is 0.341. The second-order valence-corrected chi connectivity index (χ2v) is 6.03. The molecule has 0 unspecified atom stereocenters. The quantitative estimate of drug-likeness (QED) is 0.497. The second-order valence-electron chi connectivity index (χ2n) is 5.09. The van der Waals surface area contributed by atoms with Crippen molar-refractivity contribution < 1.29 is 14.1 Å². The maximum absolute atomic E-state index is 12.8. The molecule has 9 heteroatoms. The van der Waals surface area contributed by atoms with Gasteiger partial charge in [-0.1, -0.05) is 0 Å². The van der Waals surface area contributed by atoms with Crippen LogP contribution in [-0.2, 0) is 13.2 Å². The van der Waals surface area contributed by atoms with E-state index in [1.807, 2.05) is 0 Å². The zero-order valence-corrected chi connectivity index (χ0v) is 13.6. The zero-order chi connectivity index (χ0) is 17.8. The lowest BCUT2D eigenvalue weighted by Gasteiger charge is -2.04. The molecule has 128 valence electrons. The predicted molar refractivity (Wildman–Crippen MR) is 89.3 cm³/mol. The van der Waals surface area contributed by atoms with Crippen molar-refractivity contribution in [1.29, 1.82) is 0 Å². The largest absolute Gasteiger partial charge is 0.486 e. The number of rotatable bonds is 6. The molecule has 0 aliphatic heterocycles. The lowest BCUT2D eigenvalue weighted by Crippen LogP contribution is -2.19. The third-order valence-electron chi connectivity index (χ3n) is 3.29. The Labute approximate surface area is 145 Å². The summed E-state index contributed by atoms with van der Waals surface area (Å²) in [7, 11) is 0. The van der Waals surface area contributed by atoms with Gasteiger partial charge >= 0.3 is 0 Å². The molecule has 3 aromatic rings. The maximum Gasteiger partial charge on any atom is 0.285 e. The molecule has 0 atom stereocenters. The van der Waals surface area contributed by atoms with Gasteiger partial charge < -0.3 is 9.30 Å². The van der Waals surface area contributed by atoms with Gasteiger partial charge in [-0.3, -0.25) is 14.9 Å². The van der Waals surface area contributed by atoms with Crippen LogP contribution in [0.2, 0.25) is 0 Å². The molecule has 0 aliphatic carbocycles. The van der Waals surface area contributed by atoms with Gasteiger partial charge in [-0.2, -0.15) is 0 Å². The topological polar surface area (TPSA) is 87.3 Å². The van der Waals surface area contributed by atoms with Crippen LogP contribution in [-0.4, -0.2) is 14.5 Å². The Morgan fingerprint density at radius 1 is 1.24 bits per heavy atom. The van der Waals surface area contributed by atoms with Crippen molar-refractivity contribution in [3.63, 3.8) is 0 Å². The third kappa shape index (κ3) is 4.27. The fourth-order valence-electron chi connectivity index (χ4n) is 2.09. The van der Waals surface area contributed by atoms with Gasteiger partial charge in [0, 0.05) is 17.5 Å². The van der Waals surface area contributed by atoms with Gasteiger partial charge in [0.15, 0.2) is 0 Å². The van der Waals surface area contributed by atoms with Crippen LogP contribution in [0.1, 0.15) is 10.7 Å². The summed E-state index contributed by atoms with van der Waals surface area (Å²) in [6, 6.07) is 7.97. The molecule has 0 amide bonds. The average Bonchev–Trinajstić information content (AvgIpc) is 3.03. The Morgan fingerprint density at radius 3 is 2.72 bits per heavy atom. The Hall–Kier alpha value is -3.07. The molecule has 2 heterocycles. The Bertz CT molecular complexity index is 953. The van der Waals surface area contributed by atoms with E-state index in [4.69, 9.17) is 4.74 Å². The number of benzene rings is 1. The van der Waals surface area contributed by atoms with Crippen molar-refractivity contribution in [3.8, 4) is 5.75 Å². The van der Waals surface area contributed by atoms with E-state index in [1.165, 1.54) is 52.4 Å². The molecular weight excluding hydrogens is 349 g/mol. The van der Waals surface area contributed by atoms with Crippen LogP contribution in [0.4, 0.5) is 10.1 Å². The van der Waals surface area contributed by atoms with Gasteiger partial charge in [0.1, 0.15) is 23.2 Å². The summed E-state index contributed by atoms with van der Waals surface area (Å²) in [5, 5.41) is 13.2. The fourth-order valence-corrected chi connectivity index (χ4v) is 2.78. The Morgan fingerprint density at radius 2 is 2.00 bits per heavy atom. The second kappa shape index (κ2) is 7.22. The van der Waals surface area contributed by atoms with E-state index in [0.717, 1.165) is 6.07 Å². The van der Waals surface area contributed by atoms with Crippen LogP contribution in [0.5, 0.6) is 5.75 Å². The summed E-state index contributed by atoms with van der Waals surface area (Å²) in [4.78, 5) is 26.4. The molecule has 0 fully saturated rings. The van der Waals surface area contributed by atoms with Crippen LogP contribution >= 0.6 is 11.3 Å². The molecule has 0 N–H and O–H groups in total. The minimum absolute atomic E-state index is 0.133. The minimum atomic E-state index is -0.557. The van der Waals surface area contributed by atoms with Crippen molar-refractivity contribution in [2.45, 2.75) is 13.2 Å². The molecule has 0 aliphatic rings. The van der Waals surface area contributed by atoms with Crippen molar-refractivity contribution in [2.24, 2.45) is 0 Å². The smallest absolute Gasteiger partial charge is 0.285 e. The number of ether oxygens (including phenoxy) is 1. The molecule has 3 rings (SSSR count). The molecule has 0 spiro atoms. The summed E-state index contributed by atoms with van der Waals surface area (Å²) in [5.74, 6) is 0.180. The molecule has 0 bridgehead atoms. The van der Waals surface area contributed by atoms with Crippen LogP contribution < -0.4 is 10.3 Å². The number of nitrogens with zero attached hydrogens (tertiary/aromatic N) is 3. The SMILES string of the molecule is O=c1ccc([N+](=O)[O-])cn1Cc1csc(COc2ccc(F)cc2)n1. The number of hydrogen-bond donors (Lipinski definition) is 0. The number of hydrogen-bond acceptors (Lipinski definition) is 6. The first-order valence-electron chi connectivity index (χ1n) is 7.18. The first-order valence-corrected chi connectivity index (χ1v) is 8.06. The molecule has 2 aromatic heterocycles. The highest BCUT2D eigenvalue weighted by atomic mass is 32.1. The lowest BCUT2D eigenvalue weighted by molar-refractivity contribution is -0.385. The standard InChI is InChI=1S/C16H12FN3O4S/c17-11-1-4-14(5-2-11)24-9-15-18-12(10-25-15)7-19-8-13(20(22)23)3-6-16(19)21/h1-6,8,10H,7,9H2. The predicted octanol–water partition coefficient (Wildman–Crippen LogP) is 2.98. The van der Waals surface area contributed by atoms with Gasteiger partial charge in [0.2, 0.25) is 0 Å². The van der Waals surface area contributed by atoms with E-state index in [1.54, 1.807) is 5.38 Å². The van der Waals surface area contributed by atoms with Gasteiger partial charge in [0.05, 0.1) is 23.4 Å². The van der Waals surface area contributed by atoms with Crippen LogP contribution in [0.3, 0.4) is 0 Å². The number of halogens is 1. The van der Waals surface area contributed by atoms with Gasteiger partial charge in [-0.25, -0.2) is 9.37 Å². The van der Waals surface area contributed by atoms with Gasteiger partial charge in [-0.05, 0) is 24.3 Å². The first kappa shape index (κ1) is 16.8. The van der Waals surface area contributed by atoms with Crippen LogP contribution in [0, 0.1) is 15.9 Å². The third-order valence-corrected chi connectivity index (χ3v) is 4.16. The molecule has 1 aromatic carbocycles. The highest BCUT2D eigenvalue weighted by Gasteiger charge is 2.10. The first-order chi connectivity index (χ1) is 12.0. The molecule has 0 saturated carbocycles. The molecule has 0 saturated heterocycles. The van der Waals surface area contributed by atoms with Crippen LogP contribution in [0.25, 0.3) is 0 Å². The average molecular weight is 361 g/mol. The number of aromatic nitrogens is 2. The normalized spacial score (nSPS) is 10.6. The van der Waals surface area contributed by atoms with Gasteiger partial charge in [-0.15, -0.1) is 11.3 Å².